The van der Waals surface area contributed by atoms with Crippen LogP contribution in [0.2, 0.25) is 0 Å². The molecule has 0 aliphatic heterocycles. The van der Waals surface area contributed by atoms with Gasteiger partial charge in [-0.3, -0.25) is 10.1 Å². The normalized spacial score (nSPS) is 11.0. The van der Waals surface area contributed by atoms with Crippen LogP contribution in [0.1, 0.15) is 32.3 Å². The van der Waals surface area contributed by atoms with Gasteiger partial charge in [-0.1, -0.05) is 15.9 Å². The molecule has 0 unspecified atom stereocenters. The van der Waals surface area contributed by atoms with E-state index in [0.717, 1.165) is 36.0 Å². The standard InChI is InChI=1S/C14H21BrN2O3/c1-11(2)20-6-4-3-5-16-10-12-7-13(15)9-14(8-12)17(18)19/h7-9,11,16H,3-6,10H2,1-2H3. The van der Waals surface area contributed by atoms with Crippen LogP contribution in [0.4, 0.5) is 5.69 Å². The van der Waals surface area contributed by atoms with E-state index >= 15 is 0 Å². The first-order chi connectivity index (χ1) is 9.49. The van der Waals surface area contributed by atoms with E-state index in [-0.39, 0.29) is 16.7 Å². The average molecular weight is 345 g/mol. The van der Waals surface area contributed by atoms with Gasteiger partial charge in [-0.05, 0) is 44.9 Å². The van der Waals surface area contributed by atoms with E-state index in [4.69, 9.17) is 4.74 Å². The number of hydrogen-bond donors (Lipinski definition) is 1. The third-order valence-electron chi connectivity index (χ3n) is 2.68. The van der Waals surface area contributed by atoms with Gasteiger partial charge in [0.1, 0.15) is 0 Å². The van der Waals surface area contributed by atoms with Crippen molar-refractivity contribution < 1.29 is 9.66 Å². The van der Waals surface area contributed by atoms with Crippen molar-refractivity contribution in [2.45, 2.75) is 39.3 Å². The molecule has 0 bridgehead atoms. The highest BCUT2D eigenvalue weighted by molar-refractivity contribution is 9.10. The second kappa shape index (κ2) is 9.05. The Hall–Kier alpha value is -0.980. The van der Waals surface area contributed by atoms with E-state index in [9.17, 15) is 10.1 Å². The maximum absolute atomic E-state index is 10.8. The second-order valence-corrected chi connectivity index (χ2v) is 5.79. The van der Waals surface area contributed by atoms with Crippen LogP contribution in [0.3, 0.4) is 0 Å². The highest BCUT2D eigenvalue weighted by Gasteiger charge is 2.08. The van der Waals surface area contributed by atoms with Gasteiger partial charge in [-0.25, -0.2) is 0 Å². The predicted octanol–water partition coefficient (Wildman–Crippen LogP) is 3.65. The number of non-ortho nitro benzene ring substituents is 1. The van der Waals surface area contributed by atoms with Gasteiger partial charge >= 0.3 is 0 Å². The summed E-state index contributed by atoms with van der Waals surface area (Å²) in [5.41, 5.74) is 1.02. The molecule has 1 aromatic rings. The van der Waals surface area contributed by atoms with Crippen molar-refractivity contribution in [3.8, 4) is 0 Å². The molecule has 0 aliphatic carbocycles. The summed E-state index contributed by atoms with van der Waals surface area (Å²) in [6.07, 6.45) is 2.33. The lowest BCUT2D eigenvalue weighted by Gasteiger charge is -2.08. The third-order valence-corrected chi connectivity index (χ3v) is 3.14. The van der Waals surface area contributed by atoms with Crippen molar-refractivity contribution in [2.24, 2.45) is 0 Å². The van der Waals surface area contributed by atoms with Crippen LogP contribution in [-0.2, 0) is 11.3 Å². The molecular formula is C14H21BrN2O3. The van der Waals surface area contributed by atoms with Gasteiger partial charge in [0, 0.05) is 29.8 Å². The van der Waals surface area contributed by atoms with Gasteiger partial charge in [-0.15, -0.1) is 0 Å². The van der Waals surface area contributed by atoms with Gasteiger partial charge in [-0.2, -0.15) is 0 Å². The predicted molar refractivity (Wildman–Crippen MR) is 82.8 cm³/mol. The minimum absolute atomic E-state index is 0.113. The molecule has 0 atom stereocenters. The van der Waals surface area contributed by atoms with Crippen molar-refractivity contribution in [2.75, 3.05) is 13.2 Å². The molecule has 0 radical (unpaired) electrons. The monoisotopic (exact) mass is 344 g/mol. The summed E-state index contributed by atoms with van der Waals surface area (Å²) in [7, 11) is 0. The van der Waals surface area contributed by atoms with E-state index < -0.39 is 0 Å². The van der Waals surface area contributed by atoms with Crippen LogP contribution >= 0.6 is 15.9 Å². The quantitative estimate of drug-likeness (QED) is 0.421. The fraction of sp³-hybridized carbons (Fsp3) is 0.571. The fourth-order valence-corrected chi connectivity index (χ4v) is 2.27. The molecule has 20 heavy (non-hydrogen) atoms. The summed E-state index contributed by atoms with van der Waals surface area (Å²) < 4.78 is 6.19. The Morgan fingerprint density at radius 2 is 2.10 bits per heavy atom. The van der Waals surface area contributed by atoms with E-state index in [1.807, 2.05) is 19.9 Å². The molecule has 0 saturated heterocycles. The molecule has 0 fully saturated rings. The van der Waals surface area contributed by atoms with Gasteiger partial charge in [0.2, 0.25) is 0 Å². The number of nitro benzene ring substituents is 1. The molecule has 1 rings (SSSR count). The van der Waals surface area contributed by atoms with Crippen molar-refractivity contribution >= 4 is 21.6 Å². The Kier molecular flexibility index (Phi) is 7.72. The van der Waals surface area contributed by atoms with Crippen molar-refractivity contribution in [1.29, 1.82) is 0 Å². The highest BCUT2D eigenvalue weighted by atomic mass is 79.9. The highest BCUT2D eigenvalue weighted by Crippen LogP contribution is 2.21. The zero-order chi connectivity index (χ0) is 15.0. The molecule has 0 heterocycles. The largest absolute Gasteiger partial charge is 0.379 e. The summed E-state index contributed by atoms with van der Waals surface area (Å²) in [6, 6.07) is 4.99. The average Bonchev–Trinajstić information content (AvgIpc) is 2.36. The fourth-order valence-electron chi connectivity index (χ4n) is 1.74. The van der Waals surface area contributed by atoms with E-state index in [2.05, 4.69) is 21.2 Å². The minimum Gasteiger partial charge on any atom is -0.379 e. The number of ether oxygens (including phenoxy) is 1. The number of nitro groups is 1. The molecule has 0 saturated carbocycles. The Balaban J connectivity index is 2.27. The van der Waals surface area contributed by atoms with Crippen LogP contribution in [0.5, 0.6) is 0 Å². The number of halogens is 1. The first-order valence-corrected chi connectivity index (χ1v) is 7.54. The molecule has 5 nitrogen and oxygen atoms in total. The Bertz CT molecular complexity index is 438. The molecule has 0 aromatic heterocycles. The van der Waals surface area contributed by atoms with Gasteiger partial charge in [0.25, 0.3) is 5.69 Å². The smallest absolute Gasteiger partial charge is 0.270 e. The minimum atomic E-state index is -0.377. The number of rotatable bonds is 9. The Morgan fingerprint density at radius 3 is 2.75 bits per heavy atom. The van der Waals surface area contributed by atoms with Crippen molar-refractivity contribution in [1.82, 2.24) is 5.32 Å². The van der Waals surface area contributed by atoms with Gasteiger partial charge in [0.05, 0.1) is 11.0 Å². The lowest BCUT2D eigenvalue weighted by atomic mass is 10.2. The van der Waals surface area contributed by atoms with Crippen LogP contribution < -0.4 is 5.32 Å². The third kappa shape index (κ3) is 6.98. The van der Waals surface area contributed by atoms with Crippen LogP contribution in [0.15, 0.2) is 22.7 Å². The second-order valence-electron chi connectivity index (χ2n) is 4.88. The molecule has 0 spiro atoms. The zero-order valence-electron chi connectivity index (χ0n) is 11.9. The SMILES string of the molecule is CC(C)OCCCCNCc1cc(Br)cc([N+](=O)[O-])c1. The summed E-state index contributed by atoms with van der Waals surface area (Å²) in [6.45, 7) is 6.34. The van der Waals surface area contributed by atoms with Crippen molar-refractivity contribution in [3.63, 3.8) is 0 Å². The maximum Gasteiger partial charge on any atom is 0.270 e. The first-order valence-electron chi connectivity index (χ1n) is 6.75. The summed E-state index contributed by atoms with van der Waals surface area (Å²) >= 11 is 3.29. The molecule has 0 amide bonds. The zero-order valence-corrected chi connectivity index (χ0v) is 13.5. The van der Waals surface area contributed by atoms with Crippen molar-refractivity contribution in [3.05, 3.63) is 38.3 Å². The Morgan fingerprint density at radius 1 is 1.35 bits per heavy atom. The lowest BCUT2D eigenvalue weighted by Crippen LogP contribution is -2.15. The van der Waals surface area contributed by atoms with Gasteiger partial charge in [0.15, 0.2) is 0 Å². The van der Waals surface area contributed by atoms with E-state index in [0.29, 0.717) is 6.54 Å². The molecule has 6 heteroatoms. The number of nitrogens with zero attached hydrogens (tertiary/aromatic N) is 1. The summed E-state index contributed by atoms with van der Waals surface area (Å²) in [4.78, 5) is 10.4. The molecular weight excluding hydrogens is 324 g/mol. The van der Waals surface area contributed by atoms with Crippen LogP contribution in [0.25, 0.3) is 0 Å². The molecule has 0 aliphatic rings. The molecule has 112 valence electrons. The number of hydrogen-bond acceptors (Lipinski definition) is 4. The number of nitrogens with one attached hydrogen (secondary N) is 1. The lowest BCUT2D eigenvalue weighted by molar-refractivity contribution is -0.385. The first kappa shape index (κ1) is 17.1. The van der Waals surface area contributed by atoms with E-state index in [1.54, 1.807) is 6.07 Å². The van der Waals surface area contributed by atoms with Crippen LogP contribution in [0, 0.1) is 10.1 Å². The topological polar surface area (TPSA) is 64.4 Å². The summed E-state index contributed by atoms with van der Waals surface area (Å²) in [5.74, 6) is 0. The van der Waals surface area contributed by atoms with E-state index in [1.165, 1.54) is 6.07 Å². The molecule has 1 aromatic carbocycles. The van der Waals surface area contributed by atoms with Gasteiger partial charge < -0.3 is 10.1 Å². The number of unbranched alkanes of at least 4 members (excludes halogenated alkanes) is 1. The van der Waals surface area contributed by atoms with Crippen LogP contribution in [-0.4, -0.2) is 24.2 Å². The number of benzene rings is 1. The summed E-state index contributed by atoms with van der Waals surface area (Å²) in [5, 5.41) is 14.0. The Labute approximate surface area is 128 Å². The maximum atomic E-state index is 10.8. The molecule has 1 N–H and O–H groups in total.